The Bertz CT molecular complexity index is 508. The van der Waals surface area contributed by atoms with Crippen LogP contribution in [0.5, 0.6) is 0 Å². The highest BCUT2D eigenvalue weighted by Gasteiger charge is 2.58. The average Bonchev–Trinajstić information content (AvgIpc) is 2.59. The molecule has 1 aliphatic heterocycles. The Labute approximate surface area is 128 Å². The second kappa shape index (κ2) is 5.26. The summed E-state index contributed by atoms with van der Waals surface area (Å²) in [5, 5.41) is -0.488. The molecule has 4 heteroatoms. The molecule has 0 saturated carbocycles. The van der Waals surface area contributed by atoms with Gasteiger partial charge in [-0.1, -0.05) is 37.3 Å². The maximum absolute atomic E-state index is 11.8. The molecule has 1 saturated heterocycles. The molecule has 0 aromatic heterocycles. The molecular weight excluding hydrogens is 263 g/mol. The average molecular weight is 288 g/mol. The standard InChI is InChI=1S/C17H25BO3/c1-13(19)12-17(6,14-10-8-7-9-11-14)18-20-15(2,3)16(4,5)21-18/h7-11H,12H2,1-6H3. The zero-order valence-electron chi connectivity index (χ0n) is 13.9. The molecular formula is C17H25BO3. The summed E-state index contributed by atoms with van der Waals surface area (Å²) in [6, 6.07) is 10.0. The van der Waals surface area contributed by atoms with Crippen molar-refractivity contribution in [3.63, 3.8) is 0 Å². The van der Waals surface area contributed by atoms with E-state index in [1.807, 2.05) is 65.0 Å². The molecule has 0 radical (unpaired) electrons. The fraction of sp³-hybridized carbons (Fsp3) is 0.588. The first-order valence-electron chi connectivity index (χ1n) is 7.49. The minimum absolute atomic E-state index is 0.135. The van der Waals surface area contributed by atoms with E-state index in [2.05, 4.69) is 0 Å². The summed E-state index contributed by atoms with van der Waals surface area (Å²) in [7, 11) is -0.436. The van der Waals surface area contributed by atoms with E-state index in [1.54, 1.807) is 6.92 Å². The largest absolute Gasteiger partial charge is 0.469 e. The van der Waals surface area contributed by atoms with Gasteiger partial charge in [0.15, 0.2) is 0 Å². The van der Waals surface area contributed by atoms with Gasteiger partial charge in [-0.3, -0.25) is 0 Å². The highest BCUT2D eigenvalue weighted by molar-refractivity contribution is 6.50. The highest BCUT2D eigenvalue weighted by atomic mass is 16.7. The van der Waals surface area contributed by atoms with Crippen molar-refractivity contribution >= 4 is 12.9 Å². The van der Waals surface area contributed by atoms with Crippen molar-refractivity contribution in [2.45, 2.75) is 64.5 Å². The zero-order valence-corrected chi connectivity index (χ0v) is 13.9. The van der Waals surface area contributed by atoms with Gasteiger partial charge in [0, 0.05) is 11.7 Å². The monoisotopic (exact) mass is 288 g/mol. The van der Waals surface area contributed by atoms with E-state index in [1.165, 1.54) is 0 Å². The van der Waals surface area contributed by atoms with Crippen molar-refractivity contribution in [2.75, 3.05) is 0 Å². The summed E-state index contributed by atoms with van der Waals surface area (Å²) in [6.45, 7) is 11.8. The third-order valence-corrected chi connectivity index (χ3v) is 4.82. The Morgan fingerprint density at radius 3 is 2.00 bits per heavy atom. The Morgan fingerprint density at radius 2 is 1.57 bits per heavy atom. The predicted molar refractivity (Wildman–Crippen MR) is 85.2 cm³/mol. The van der Waals surface area contributed by atoms with Crippen molar-refractivity contribution in [3.05, 3.63) is 35.9 Å². The van der Waals surface area contributed by atoms with Crippen LogP contribution in [0.25, 0.3) is 0 Å². The van der Waals surface area contributed by atoms with Gasteiger partial charge in [0.25, 0.3) is 0 Å². The molecule has 1 aromatic rings. The number of rotatable bonds is 4. The normalized spacial score (nSPS) is 22.9. The molecule has 1 aliphatic rings. The minimum atomic E-state index is -0.488. The van der Waals surface area contributed by atoms with Gasteiger partial charge in [-0.15, -0.1) is 0 Å². The fourth-order valence-corrected chi connectivity index (χ4v) is 2.76. The maximum atomic E-state index is 11.8. The van der Waals surface area contributed by atoms with Crippen LogP contribution in [0.3, 0.4) is 0 Å². The van der Waals surface area contributed by atoms with Crippen molar-refractivity contribution in [1.82, 2.24) is 0 Å². The van der Waals surface area contributed by atoms with Crippen LogP contribution in [0.1, 0.15) is 53.5 Å². The number of hydrogen-bond acceptors (Lipinski definition) is 3. The zero-order chi connectivity index (χ0) is 15.9. The molecule has 0 aliphatic carbocycles. The number of benzene rings is 1. The van der Waals surface area contributed by atoms with Crippen LogP contribution in [0.15, 0.2) is 30.3 Å². The highest BCUT2D eigenvalue weighted by Crippen LogP contribution is 2.44. The molecule has 1 aromatic carbocycles. The number of carbonyl (C=O) groups is 1. The topological polar surface area (TPSA) is 35.5 Å². The second-order valence-corrected chi connectivity index (χ2v) is 7.25. The van der Waals surface area contributed by atoms with Gasteiger partial charge in [0.1, 0.15) is 5.78 Å². The third kappa shape index (κ3) is 2.92. The molecule has 1 unspecified atom stereocenters. The number of hydrogen-bond donors (Lipinski definition) is 0. The molecule has 0 amide bonds. The van der Waals surface area contributed by atoms with E-state index < -0.39 is 23.6 Å². The molecule has 3 nitrogen and oxygen atoms in total. The SMILES string of the molecule is CC(=O)CC(C)(B1OC(C)(C)C(C)(C)O1)c1ccccc1. The molecule has 1 atom stereocenters. The lowest BCUT2D eigenvalue weighted by molar-refractivity contribution is -0.117. The summed E-state index contributed by atoms with van der Waals surface area (Å²) in [5.74, 6) is 0.135. The lowest BCUT2D eigenvalue weighted by Crippen LogP contribution is -2.44. The Morgan fingerprint density at radius 1 is 1.10 bits per heavy atom. The maximum Gasteiger partial charge on any atom is 0.469 e. The van der Waals surface area contributed by atoms with Gasteiger partial charge in [0.2, 0.25) is 0 Å². The van der Waals surface area contributed by atoms with Crippen LogP contribution in [0.2, 0.25) is 0 Å². The van der Waals surface area contributed by atoms with Crippen LogP contribution in [-0.4, -0.2) is 24.1 Å². The van der Waals surface area contributed by atoms with Crippen LogP contribution < -0.4 is 0 Å². The van der Waals surface area contributed by atoms with E-state index in [9.17, 15) is 4.79 Å². The molecule has 1 heterocycles. The smallest absolute Gasteiger partial charge is 0.403 e. The van der Waals surface area contributed by atoms with Gasteiger partial charge in [-0.2, -0.15) is 0 Å². The first-order valence-corrected chi connectivity index (χ1v) is 7.49. The van der Waals surface area contributed by atoms with Gasteiger partial charge in [0.05, 0.1) is 11.2 Å². The summed E-state index contributed by atoms with van der Waals surface area (Å²) in [5.41, 5.74) is 0.272. The first kappa shape index (κ1) is 16.2. The van der Waals surface area contributed by atoms with Crippen molar-refractivity contribution < 1.29 is 14.1 Å². The lowest BCUT2D eigenvalue weighted by atomic mass is 9.53. The molecule has 0 bridgehead atoms. The predicted octanol–water partition coefficient (Wildman–Crippen LogP) is 3.55. The number of carbonyl (C=O) groups excluding carboxylic acids is 1. The van der Waals surface area contributed by atoms with E-state index in [4.69, 9.17) is 9.31 Å². The molecule has 114 valence electrons. The van der Waals surface area contributed by atoms with Crippen LogP contribution in [0, 0.1) is 0 Å². The van der Waals surface area contributed by atoms with E-state index >= 15 is 0 Å². The van der Waals surface area contributed by atoms with Crippen molar-refractivity contribution in [3.8, 4) is 0 Å². The van der Waals surface area contributed by atoms with E-state index in [-0.39, 0.29) is 5.78 Å². The molecule has 1 fully saturated rings. The fourth-order valence-electron chi connectivity index (χ4n) is 2.76. The van der Waals surface area contributed by atoms with Crippen LogP contribution in [-0.2, 0) is 19.4 Å². The molecule has 0 spiro atoms. The molecule has 21 heavy (non-hydrogen) atoms. The van der Waals surface area contributed by atoms with E-state index in [0.29, 0.717) is 6.42 Å². The number of Topliss-reactive ketones (excluding diaryl/α,β-unsaturated/α-hetero) is 1. The summed E-state index contributed by atoms with van der Waals surface area (Å²) < 4.78 is 12.4. The van der Waals surface area contributed by atoms with Gasteiger partial charge in [-0.05, 0) is 40.2 Å². The van der Waals surface area contributed by atoms with Crippen molar-refractivity contribution in [1.29, 1.82) is 0 Å². The van der Waals surface area contributed by atoms with Gasteiger partial charge >= 0.3 is 7.12 Å². The summed E-state index contributed by atoms with van der Waals surface area (Å²) >= 11 is 0. The van der Waals surface area contributed by atoms with Gasteiger partial charge < -0.3 is 14.1 Å². The van der Waals surface area contributed by atoms with Crippen molar-refractivity contribution in [2.24, 2.45) is 0 Å². The summed E-state index contributed by atoms with van der Waals surface area (Å²) in [6.07, 6.45) is 0.397. The molecule has 0 N–H and O–H groups in total. The summed E-state index contributed by atoms with van der Waals surface area (Å²) in [4.78, 5) is 11.8. The quantitative estimate of drug-likeness (QED) is 0.795. The third-order valence-electron chi connectivity index (χ3n) is 4.82. The first-order chi connectivity index (χ1) is 9.58. The van der Waals surface area contributed by atoms with Crippen LogP contribution >= 0.6 is 0 Å². The number of ketones is 1. The Kier molecular flexibility index (Phi) is 4.07. The van der Waals surface area contributed by atoms with Gasteiger partial charge in [-0.25, -0.2) is 0 Å². The lowest BCUT2D eigenvalue weighted by Gasteiger charge is -2.32. The Hall–Kier alpha value is -1.13. The minimum Gasteiger partial charge on any atom is -0.403 e. The second-order valence-electron chi connectivity index (χ2n) is 7.25. The Balaban J connectivity index is 2.41. The van der Waals surface area contributed by atoms with E-state index in [0.717, 1.165) is 5.56 Å². The van der Waals surface area contributed by atoms with Crippen LogP contribution in [0.4, 0.5) is 0 Å². The molecule has 2 rings (SSSR count).